The van der Waals surface area contributed by atoms with Crippen LogP contribution in [0.15, 0.2) is 54.6 Å². The maximum atomic E-state index is 10.6. The molecule has 2 aromatic carbocycles. The maximum absolute atomic E-state index is 10.6. The Morgan fingerprint density at radius 2 is 1.67 bits per heavy atom. The Bertz CT molecular complexity index is 538. The molecule has 0 amide bonds. The summed E-state index contributed by atoms with van der Waals surface area (Å²) in [5.74, 6) is 0.117. The third-order valence-corrected chi connectivity index (χ3v) is 4.00. The highest BCUT2D eigenvalue weighted by Gasteiger charge is 2.21. The number of nitrogens with one attached hydrogen (secondary N) is 1. The molecule has 0 bridgehead atoms. The Labute approximate surface area is 127 Å². The molecule has 0 heterocycles. The minimum absolute atomic E-state index is 0.117. The third-order valence-electron chi connectivity index (χ3n) is 4.00. The number of aryl methyl sites for hydroxylation is 1. The molecule has 0 saturated carbocycles. The highest BCUT2D eigenvalue weighted by molar-refractivity contribution is 5.30. The van der Waals surface area contributed by atoms with Gasteiger partial charge < -0.3 is 10.4 Å². The maximum Gasteiger partial charge on any atom is 0.0736 e. The summed E-state index contributed by atoms with van der Waals surface area (Å²) in [6.07, 6.45) is 0.482. The number of benzene rings is 2. The number of aliphatic hydroxyl groups is 1. The average molecular weight is 283 g/mol. The summed E-state index contributed by atoms with van der Waals surface area (Å²) >= 11 is 0. The van der Waals surface area contributed by atoms with Crippen LogP contribution in [0.5, 0.6) is 0 Å². The number of likely N-dealkylation sites (N-methyl/N-ethyl adjacent to an activating group) is 1. The second kappa shape index (κ2) is 7.96. The number of aliphatic hydroxyl groups excluding tert-OH is 1. The first kappa shape index (κ1) is 15.7. The fourth-order valence-electron chi connectivity index (χ4n) is 2.69. The standard InChI is InChI=1S/C19H25NO/c1-3-20-14-19(21)18(16-10-5-4-6-11-16)13-17-12-8-7-9-15(17)2/h4-12,18-21H,3,13-14H2,1-2H3/t18?,19-/m0/s1. The first-order valence-electron chi connectivity index (χ1n) is 7.70. The summed E-state index contributed by atoms with van der Waals surface area (Å²) in [5, 5.41) is 13.8. The van der Waals surface area contributed by atoms with Crippen LogP contribution < -0.4 is 5.32 Å². The molecule has 0 aliphatic rings. The fourth-order valence-corrected chi connectivity index (χ4v) is 2.69. The topological polar surface area (TPSA) is 32.3 Å². The van der Waals surface area contributed by atoms with E-state index in [2.05, 4.69) is 55.6 Å². The van der Waals surface area contributed by atoms with E-state index in [4.69, 9.17) is 0 Å². The molecule has 0 aliphatic carbocycles. The largest absolute Gasteiger partial charge is 0.391 e. The molecule has 1 unspecified atom stereocenters. The van der Waals surface area contributed by atoms with E-state index in [0.717, 1.165) is 13.0 Å². The molecule has 0 aromatic heterocycles. The van der Waals surface area contributed by atoms with Gasteiger partial charge in [-0.1, -0.05) is 61.5 Å². The summed E-state index contributed by atoms with van der Waals surface area (Å²) in [5.41, 5.74) is 3.79. The summed E-state index contributed by atoms with van der Waals surface area (Å²) < 4.78 is 0. The monoisotopic (exact) mass is 283 g/mol. The van der Waals surface area contributed by atoms with Crippen molar-refractivity contribution in [3.8, 4) is 0 Å². The lowest BCUT2D eigenvalue weighted by molar-refractivity contribution is 0.140. The molecule has 2 rings (SSSR count). The molecule has 2 nitrogen and oxygen atoms in total. The van der Waals surface area contributed by atoms with Crippen LogP contribution in [0.25, 0.3) is 0 Å². The van der Waals surface area contributed by atoms with Gasteiger partial charge in [0, 0.05) is 12.5 Å². The predicted octanol–water partition coefficient (Wildman–Crippen LogP) is 3.29. The highest BCUT2D eigenvalue weighted by Crippen LogP contribution is 2.25. The molecule has 0 aliphatic heterocycles. The van der Waals surface area contributed by atoms with Crippen molar-refractivity contribution in [1.29, 1.82) is 0 Å². The molecule has 112 valence electrons. The smallest absolute Gasteiger partial charge is 0.0736 e. The number of rotatable bonds is 7. The average Bonchev–Trinajstić information content (AvgIpc) is 2.52. The highest BCUT2D eigenvalue weighted by atomic mass is 16.3. The van der Waals surface area contributed by atoms with E-state index in [1.165, 1.54) is 16.7 Å². The van der Waals surface area contributed by atoms with E-state index in [0.29, 0.717) is 6.54 Å². The van der Waals surface area contributed by atoms with Crippen LogP contribution in [0.4, 0.5) is 0 Å². The van der Waals surface area contributed by atoms with Crippen molar-refractivity contribution in [1.82, 2.24) is 5.32 Å². The summed E-state index contributed by atoms with van der Waals surface area (Å²) in [6, 6.07) is 18.7. The van der Waals surface area contributed by atoms with Crippen molar-refractivity contribution in [2.24, 2.45) is 0 Å². The van der Waals surface area contributed by atoms with Crippen LogP contribution in [0.2, 0.25) is 0 Å². The van der Waals surface area contributed by atoms with Crippen molar-refractivity contribution in [3.05, 3.63) is 71.3 Å². The normalized spacial score (nSPS) is 13.9. The van der Waals surface area contributed by atoms with Gasteiger partial charge in [0.15, 0.2) is 0 Å². The molecule has 2 atom stereocenters. The van der Waals surface area contributed by atoms with Crippen molar-refractivity contribution >= 4 is 0 Å². The lowest BCUT2D eigenvalue weighted by Crippen LogP contribution is -2.32. The van der Waals surface area contributed by atoms with Crippen molar-refractivity contribution < 1.29 is 5.11 Å². The Balaban J connectivity index is 2.22. The molecule has 0 fully saturated rings. The van der Waals surface area contributed by atoms with Gasteiger partial charge >= 0.3 is 0 Å². The first-order chi connectivity index (χ1) is 10.2. The number of hydrogen-bond donors (Lipinski definition) is 2. The zero-order valence-corrected chi connectivity index (χ0v) is 12.9. The van der Waals surface area contributed by atoms with Gasteiger partial charge in [-0.25, -0.2) is 0 Å². The van der Waals surface area contributed by atoms with Crippen LogP contribution in [-0.4, -0.2) is 24.3 Å². The van der Waals surface area contributed by atoms with Gasteiger partial charge in [-0.05, 0) is 36.6 Å². The van der Waals surface area contributed by atoms with Crippen LogP contribution in [0, 0.1) is 6.92 Å². The van der Waals surface area contributed by atoms with Crippen molar-refractivity contribution in [3.63, 3.8) is 0 Å². The molecule has 2 N–H and O–H groups in total. The van der Waals surface area contributed by atoms with Crippen molar-refractivity contribution in [2.75, 3.05) is 13.1 Å². The van der Waals surface area contributed by atoms with Crippen molar-refractivity contribution in [2.45, 2.75) is 32.3 Å². The quantitative estimate of drug-likeness (QED) is 0.817. The van der Waals surface area contributed by atoms with E-state index in [-0.39, 0.29) is 12.0 Å². The van der Waals surface area contributed by atoms with Crippen LogP contribution in [0.3, 0.4) is 0 Å². The molecular formula is C19H25NO. The molecule has 0 spiro atoms. The van der Waals surface area contributed by atoms with E-state index in [1.54, 1.807) is 0 Å². The molecule has 2 aromatic rings. The molecular weight excluding hydrogens is 258 g/mol. The van der Waals surface area contributed by atoms with Gasteiger partial charge in [0.1, 0.15) is 0 Å². The summed E-state index contributed by atoms with van der Waals surface area (Å²) in [6.45, 7) is 5.70. The minimum atomic E-state index is -0.382. The van der Waals surface area contributed by atoms with E-state index in [9.17, 15) is 5.11 Å². The Morgan fingerprint density at radius 1 is 1.00 bits per heavy atom. The fraction of sp³-hybridized carbons (Fsp3) is 0.368. The SMILES string of the molecule is CCNC[C@H](O)C(Cc1ccccc1C)c1ccccc1. The molecule has 0 radical (unpaired) electrons. The summed E-state index contributed by atoms with van der Waals surface area (Å²) in [4.78, 5) is 0. The third kappa shape index (κ3) is 4.42. The lowest BCUT2D eigenvalue weighted by Gasteiger charge is -2.24. The van der Waals surface area contributed by atoms with Gasteiger partial charge in [-0.3, -0.25) is 0 Å². The summed E-state index contributed by atoms with van der Waals surface area (Å²) in [7, 11) is 0. The predicted molar refractivity (Wildman–Crippen MR) is 88.6 cm³/mol. The lowest BCUT2D eigenvalue weighted by atomic mass is 9.86. The van der Waals surface area contributed by atoms with Gasteiger partial charge in [0.25, 0.3) is 0 Å². The van der Waals surface area contributed by atoms with Crippen LogP contribution in [0.1, 0.15) is 29.5 Å². The Morgan fingerprint density at radius 3 is 2.33 bits per heavy atom. The Kier molecular flexibility index (Phi) is 5.97. The van der Waals surface area contributed by atoms with Crippen LogP contribution >= 0.6 is 0 Å². The van der Waals surface area contributed by atoms with Gasteiger partial charge in [-0.2, -0.15) is 0 Å². The Hall–Kier alpha value is -1.64. The minimum Gasteiger partial charge on any atom is -0.391 e. The molecule has 21 heavy (non-hydrogen) atoms. The first-order valence-corrected chi connectivity index (χ1v) is 7.70. The zero-order valence-electron chi connectivity index (χ0n) is 12.9. The van der Waals surface area contributed by atoms with E-state index in [1.807, 2.05) is 18.2 Å². The second-order valence-corrected chi connectivity index (χ2v) is 5.52. The zero-order chi connectivity index (χ0) is 15.1. The van der Waals surface area contributed by atoms with Gasteiger partial charge in [0.2, 0.25) is 0 Å². The van der Waals surface area contributed by atoms with E-state index >= 15 is 0 Å². The van der Waals surface area contributed by atoms with Crippen LogP contribution in [-0.2, 0) is 6.42 Å². The van der Waals surface area contributed by atoms with Gasteiger partial charge in [-0.15, -0.1) is 0 Å². The van der Waals surface area contributed by atoms with E-state index < -0.39 is 0 Å². The van der Waals surface area contributed by atoms with Gasteiger partial charge in [0.05, 0.1) is 6.10 Å². The molecule has 0 saturated heterocycles. The second-order valence-electron chi connectivity index (χ2n) is 5.52. The number of hydrogen-bond acceptors (Lipinski definition) is 2. The molecule has 2 heteroatoms.